The van der Waals surface area contributed by atoms with Crippen LogP contribution in [0, 0.1) is 13.8 Å². The maximum Gasteiger partial charge on any atom is 0.191 e. The molecule has 2 aromatic heterocycles. The van der Waals surface area contributed by atoms with E-state index in [-0.39, 0.29) is 0 Å². The van der Waals surface area contributed by atoms with E-state index in [1.807, 2.05) is 35.7 Å². The van der Waals surface area contributed by atoms with Gasteiger partial charge < -0.3 is 0 Å². The summed E-state index contributed by atoms with van der Waals surface area (Å²) in [4.78, 5) is 9.36. The summed E-state index contributed by atoms with van der Waals surface area (Å²) >= 11 is 1.69. The molecule has 0 radical (unpaired) electrons. The second kappa shape index (κ2) is 5.66. The van der Waals surface area contributed by atoms with Crippen molar-refractivity contribution in [3.8, 4) is 0 Å². The van der Waals surface area contributed by atoms with Crippen LogP contribution in [0.5, 0.6) is 0 Å². The zero-order chi connectivity index (χ0) is 15.8. The van der Waals surface area contributed by atoms with Crippen LogP contribution in [-0.2, 0) is 5.75 Å². The summed E-state index contributed by atoms with van der Waals surface area (Å²) in [5.74, 6) is 1.63. The topological polar surface area (TPSA) is 43.1 Å². The monoisotopic (exact) mass is 320 g/mol. The number of thioether (sulfide) groups is 1. The summed E-state index contributed by atoms with van der Waals surface area (Å²) in [5, 5.41) is 6.43. The van der Waals surface area contributed by atoms with Crippen LogP contribution in [0.15, 0.2) is 53.7 Å². The van der Waals surface area contributed by atoms with E-state index in [0.717, 1.165) is 33.3 Å². The minimum atomic E-state index is 0.765. The van der Waals surface area contributed by atoms with Gasteiger partial charge in [0.1, 0.15) is 5.82 Å². The first-order valence-corrected chi connectivity index (χ1v) is 8.50. The van der Waals surface area contributed by atoms with Crippen molar-refractivity contribution in [2.24, 2.45) is 0 Å². The van der Waals surface area contributed by atoms with Gasteiger partial charge in [-0.25, -0.2) is 9.97 Å². The molecule has 0 saturated carbocycles. The summed E-state index contributed by atoms with van der Waals surface area (Å²) in [7, 11) is 0. The Bertz CT molecular complexity index is 1010. The van der Waals surface area contributed by atoms with E-state index >= 15 is 0 Å². The van der Waals surface area contributed by atoms with Gasteiger partial charge in [-0.1, -0.05) is 48.2 Å². The van der Waals surface area contributed by atoms with Crippen LogP contribution in [-0.4, -0.2) is 19.6 Å². The molecule has 23 heavy (non-hydrogen) atoms. The Kier molecular flexibility index (Phi) is 3.50. The maximum atomic E-state index is 4.78. The van der Waals surface area contributed by atoms with Gasteiger partial charge in [0.25, 0.3) is 0 Å². The number of aryl methyl sites for hydroxylation is 2. The van der Waals surface area contributed by atoms with Crippen molar-refractivity contribution in [2.45, 2.75) is 24.8 Å². The lowest BCUT2D eigenvalue weighted by atomic mass is 10.1. The Morgan fingerprint density at radius 1 is 0.957 bits per heavy atom. The van der Waals surface area contributed by atoms with Crippen LogP contribution < -0.4 is 0 Å². The Morgan fingerprint density at radius 2 is 1.74 bits per heavy atom. The van der Waals surface area contributed by atoms with Gasteiger partial charge in [-0.3, -0.25) is 0 Å². The van der Waals surface area contributed by atoms with Crippen LogP contribution in [0.2, 0.25) is 0 Å². The highest BCUT2D eigenvalue weighted by atomic mass is 32.2. The molecule has 0 spiro atoms. The van der Waals surface area contributed by atoms with Crippen LogP contribution >= 0.6 is 11.8 Å². The summed E-state index contributed by atoms with van der Waals surface area (Å²) in [6.45, 7) is 4.05. The predicted octanol–water partition coefficient (Wildman–Crippen LogP) is 4.19. The third kappa shape index (κ3) is 2.57. The van der Waals surface area contributed by atoms with Crippen LogP contribution in [0.25, 0.3) is 16.6 Å². The maximum absolute atomic E-state index is 4.78. The first kappa shape index (κ1) is 14.2. The normalized spacial score (nSPS) is 11.4. The zero-order valence-electron chi connectivity index (χ0n) is 13.0. The van der Waals surface area contributed by atoms with Crippen molar-refractivity contribution < 1.29 is 0 Å². The first-order chi connectivity index (χ1) is 11.2. The minimum absolute atomic E-state index is 0.765. The largest absolute Gasteiger partial charge is 0.222 e. The molecule has 2 heterocycles. The fourth-order valence-corrected chi connectivity index (χ4v) is 3.66. The SMILES string of the molecule is Cc1nc2c3ccccc3nc(SCc3ccccc3C)n2n1. The number of nitrogens with zero attached hydrogens (tertiary/aromatic N) is 4. The van der Waals surface area contributed by atoms with Crippen LogP contribution in [0.1, 0.15) is 17.0 Å². The van der Waals surface area contributed by atoms with Gasteiger partial charge in [0.05, 0.1) is 5.52 Å². The highest BCUT2D eigenvalue weighted by Crippen LogP contribution is 2.26. The van der Waals surface area contributed by atoms with Crippen molar-refractivity contribution >= 4 is 28.3 Å². The van der Waals surface area contributed by atoms with Gasteiger partial charge in [0.15, 0.2) is 10.8 Å². The van der Waals surface area contributed by atoms with Crippen molar-refractivity contribution in [3.05, 3.63) is 65.5 Å². The summed E-state index contributed by atoms with van der Waals surface area (Å²) in [6, 6.07) is 16.5. The molecule has 4 nitrogen and oxygen atoms in total. The zero-order valence-corrected chi connectivity index (χ0v) is 13.8. The summed E-state index contributed by atoms with van der Waals surface area (Å²) in [6.07, 6.45) is 0. The molecule has 0 N–H and O–H groups in total. The average Bonchev–Trinajstić information content (AvgIpc) is 2.96. The second-order valence-corrected chi connectivity index (χ2v) is 6.46. The van der Waals surface area contributed by atoms with E-state index in [0.29, 0.717) is 0 Å². The molecule has 5 heteroatoms. The number of rotatable bonds is 3. The molecule has 0 unspecified atom stereocenters. The number of para-hydroxylation sites is 1. The predicted molar refractivity (Wildman–Crippen MR) is 93.8 cm³/mol. The first-order valence-electron chi connectivity index (χ1n) is 7.52. The molecule has 0 atom stereocenters. The quantitative estimate of drug-likeness (QED) is 0.419. The number of hydrogen-bond donors (Lipinski definition) is 0. The highest BCUT2D eigenvalue weighted by Gasteiger charge is 2.12. The standard InChI is InChI=1S/C18H16N4S/c1-12-7-3-4-8-14(12)11-23-18-20-16-10-6-5-9-15(16)17-19-13(2)21-22(17)18/h3-10H,11H2,1-2H3. The third-order valence-corrected chi connectivity index (χ3v) is 4.85. The molecule has 114 valence electrons. The Morgan fingerprint density at radius 3 is 2.61 bits per heavy atom. The molecule has 0 amide bonds. The Labute approximate surface area is 138 Å². The van der Waals surface area contributed by atoms with E-state index < -0.39 is 0 Å². The van der Waals surface area contributed by atoms with Gasteiger partial charge >= 0.3 is 0 Å². The summed E-state index contributed by atoms with van der Waals surface area (Å²) in [5.41, 5.74) is 4.45. The minimum Gasteiger partial charge on any atom is -0.222 e. The van der Waals surface area contributed by atoms with E-state index in [2.05, 4.69) is 41.3 Å². The van der Waals surface area contributed by atoms with Crippen LogP contribution in [0.4, 0.5) is 0 Å². The number of fused-ring (bicyclic) bond motifs is 3. The summed E-state index contributed by atoms with van der Waals surface area (Å²) < 4.78 is 1.86. The number of benzene rings is 2. The van der Waals surface area contributed by atoms with Gasteiger partial charge in [-0.2, -0.15) is 4.52 Å². The van der Waals surface area contributed by atoms with Gasteiger partial charge in [-0.15, -0.1) is 5.10 Å². The molecule has 0 fully saturated rings. The lowest BCUT2D eigenvalue weighted by molar-refractivity contribution is 0.797. The molecular weight excluding hydrogens is 304 g/mol. The van der Waals surface area contributed by atoms with Crippen molar-refractivity contribution in [3.63, 3.8) is 0 Å². The van der Waals surface area contributed by atoms with Crippen molar-refractivity contribution in [2.75, 3.05) is 0 Å². The Balaban J connectivity index is 1.80. The molecular formula is C18H16N4S. The molecule has 4 aromatic rings. The average molecular weight is 320 g/mol. The van der Waals surface area contributed by atoms with Crippen molar-refractivity contribution in [1.82, 2.24) is 19.6 Å². The molecule has 0 saturated heterocycles. The fraction of sp³-hybridized carbons (Fsp3) is 0.167. The van der Waals surface area contributed by atoms with Crippen LogP contribution in [0.3, 0.4) is 0 Å². The Hall–Kier alpha value is -2.40. The molecule has 2 aromatic carbocycles. The molecule has 0 bridgehead atoms. The molecule has 0 aliphatic heterocycles. The second-order valence-electron chi connectivity index (χ2n) is 5.52. The highest BCUT2D eigenvalue weighted by molar-refractivity contribution is 7.98. The smallest absolute Gasteiger partial charge is 0.191 e. The molecule has 0 aliphatic carbocycles. The molecule has 4 rings (SSSR count). The van der Waals surface area contributed by atoms with E-state index in [9.17, 15) is 0 Å². The lowest BCUT2D eigenvalue weighted by Crippen LogP contribution is -1.99. The van der Waals surface area contributed by atoms with Gasteiger partial charge in [-0.05, 0) is 37.1 Å². The van der Waals surface area contributed by atoms with E-state index in [1.54, 1.807) is 11.8 Å². The van der Waals surface area contributed by atoms with Gasteiger partial charge in [0.2, 0.25) is 0 Å². The van der Waals surface area contributed by atoms with Gasteiger partial charge in [0, 0.05) is 11.1 Å². The number of hydrogen-bond acceptors (Lipinski definition) is 4. The molecule has 0 aliphatic rings. The lowest BCUT2D eigenvalue weighted by Gasteiger charge is -2.07. The fourth-order valence-electron chi connectivity index (χ4n) is 2.64. The van der Waals surface area contributed by atoms with Crippen molar-refractivity contribution in [1.29, 1.82) is 0 Å². The number of aromatic nitrogens is 4. The van der Waals surface area contributed by atoms with E-state index in [4.69, 9.17) is 4.98 Å². The van der Waals surface area contributed by atoms with E-state index in [1.165, 1.54) is 11.1 Å². The third-order valence-electron chi connectivity index (χ3n) is 3.87.